The van der Waals surface area contributed by atoms with Crippen LogP contribution in [0.25, 0.3) is 0 Å². The predicted octanol–water partition coefficient (Wildman–Crippen LogP) is 4.90. The fourth-order valence-electron chi connectivity index (χ4n) is 4.31. The first-order valence-corrected chi connectivity index (χ1v) is 10.9. The second-order valence-corrected chi connectivity index (χ2v) is 8.28. The molecule has 1 saturated heterocycles. The number of hydrogen-bond acceptors (Lipinski definition) is 4. The number of piperidine rings is 1. The molecule has 3 aromatic carbocycles. The van der Waals surface area contributed by atoms with E-state index in [9.17, 15) is 5.11 Å². The number of nitrogens with one attached hydrogen (secondary N) is 1. The molecule has 1 heterocycles. The zero-order valence-electron chi connectivity index (χ0n) is 18.7. The van der Waals surface area contributed by atoms with Gasteiger partial charge in [-0.1, -0.05) is 61.2 Å². The van der Waals surface area contributed by atoms with Crippen LogP contribution < -0.4 is 14.8 Å². The topological polar surface area (TPSA) is 50.7 Å². The SMILES string of the molecule is COc1ccc(C2CC(O)(C#Cc3ccccc3)C(C)C(c3ccc(OC)cc3)N2)cc1. The third kappa shape index (κ3) is 4.65. The van der Waals surface area contributed by atoms with Gasteiger partial charge in [-0.3, -0.25) is 0 Å². The number of rotatable bonds is 4. The van der Waals surface area contributed by atoms with E-state index in [1.807, 2.05) is 66.7 Å². The first kappa shape index (κ1) is 22.0. The van der Waals surface area contributed by atoms with E-state index in [-0.39, 0.29) is 18.0 Å². The van der Waals surface area contributed by atoms with E-state index in [1.54, 1.807) is 14.2 Å². The lowest BCUT2D eigenvalue weighted by Crippen LogP contribution is -2.51. The Bertz CT molecular complexity index is 1080. The fourth-order valence-corrected chi connectivity index (χ4v) is 4.31. The molecule has 32 heavy (non-hydrogen) atoms. The van der Waals surface area contributed by atoms with Crippen LogP contribution >= 0.6 is 0 Å². The van der Waals surface area contributed by atoms with E-state index >= 15 is 0 Å². The molecule has 1 aliphatic rings. The van der Waals surface area contributed by atoms with Crippen molar-refractivity contribution in [2.75, 3.05) is 14.2 Å². The van der Waals surface area contributed by atoms with Crippen LogP contribution in [-0.4, -0.2) is 24.9 Å². The molecule has 0 aliphatic carbocycles. The average molecular weight is 428 g/mol. The lowest BCUT2D eigenvalue weighted by Gasteiger charge is -2.45. The van der Waals surface area contributed by atoms with Crippen LogP contribution in [0.15, 0.2) is 78.9 Å². The Morgan fingerprint density at radius 3 is 1.97 bits per heavy atom. The van der Waals surface area contributed by atoms with Crippen molar-refractivity contribution in [2.24, 2.45) is 5.92 Å². The van der Waals surface area contributed by atoms with Crippen molar-refractivity contribution in [1.29, 1.82) is 0 Å². The summed E-state index contributed by atoms with van der Waals surface area (Å²) < 4.78 is 10.6. The smallest absolute Gasteiger partial charge is 0.132 e. The van der Waals surface area contributed by atoms with Crippen molar-refractivity contribution in [2.45, 2.75) is 31.0 Å². The van der Waals surface area contributed by atoms with Gasteiger partial charge in [-0.2, -0.15) is 0 Å². The van der Waals surface area contributed by atoms with Crippen LogP contribution in [0.2, 0.25) is 0 Å². The number of hydrogen-bond donors (Lipinski definition) is 2. The quantitative estimate of drug-likeness (QED) is 0.582. The molecular formula is C28H29NO3. The highest BCUT2D eigenvalue weighted by Gasteiger charge is 2.45. The van der Waals surface area contributed by atoms with Gasteiger partial charge in [0.15, 0.2) is 0 Å². The minimum atomic E-state index is -1.16. The first-order chi connectivity index (χ1) is 15.5. The van der Waals surface area contributed by atoms with Gasteiger partial charge in [0.2, 0.25) is 0 Å². The lowest BCUT2D eigenvalue weighted by atomic mass is 9.72. The predicted molar refractivity (Wildman–Crippen MR) is 127 cm³/mol. The Hall–Kier alpha value is -3.26. The summed E-state index contributed by atoms with van der Waals surface area (Å²) in [4.78, 5) is 0. The Balaban J connectivity index is 1.71. The maximum atomic E-state index is 11.8. The molecule has 4 rings (SSSR count). The lowest BCUT2D eigenvalue weighted by molar-refractivity contribution is -0.0196. The maximum absolute atomic E-state index is 11.8. The zero-order valence-corrected chi connectivity index (χ0v) is 18.7. The Morgan fingerprint density at radius 2 is 1.41 bits per heavy atom. The summed E-state index contributed by atoms with van der Waals surface area (Å²) in [7, 11) is 3.32. The van der Waals surface area contributed by atoms with Gasteiger partial charge in [0, 0.05) is 30.0 Å². The largest absolute Gasteiger partial charge is 0.497 e. The van der Waals surface area contributed by atoms with Gasteiger partial charge in [0.25, 0.3) is 0 Å². The molecule has 4 atom stereocenters. The summed E-state index contributed by atoms with van der Waals surface area (Å²) in [6.07, 6.45) is 0.493. The van der Waals surface area contributed by atoms with E-state index in [4.69, 9.17) is 9.47 Å². The average Bonchev–Trinajstić information content (AvgIpc) is 2.85. The summed E-state index contributed by atoms with van der Waals surface area (Å²) in [5, 5.41) is 15.6. The zero-order chi connectivity index (χ0) is 22.6. The molecule has 4 unspecified atom stereocenters. The molecule has 3 aromatic rings. The van der Waals surface area contributed by atoms with E-state index in [0.29, 0.717) is 6.42 Å². The minimum absolute atomic E-state index is 0.0562. The molecular weight excluding hydrogens is 398 g/mol. The van der Waals surface area contributed by atoms with Gasteiger partial charge in [0.05, 0.1) is 14.2 Å². The van der Waals surface area contributed by atoms with Gasteiger partial charge in [0.1, 0.15) is 17.1 Å². The monoisotopic (exact) mass is 427 g/mol. The van der Waals surface area contributed by atoms with E-state index in [2.05, 4.69) is 36.2 Å². The van der Waals surface area contributed by atoms with Crippen molar-refractivity contribution in [3.8, 4) is 23.3 Å². The molecule has 2 N–H and O–H groups in total. The summed E-state index contributed by atoms with van der Waals surface area (Å²) in [6.45, 7) is 2.06. The van der Waals surface area contributed by atoms with Crippen LogP contribution in [0, 0.1) is 17.8 Å². The van der Waals surface area contributed by atoms with Gasteiger partial charge >= 0.3 is 0 Å². The number of benzene rings is 3. The summed E-state index contributed by atoms with van der Waals surface area (Å²) in [5.41, 5.74) is 1.93. The standard InChI is InChI=1S/C28H29NO3/c1-20-27(23-11-15-25(32-3)16-12-23)29-26(22-9-13-24(31-2)14-10-22)19-28(20,30)18-17-21-7-5-4-6-8-21/h4-16,20,26-27,29-30H,19H2,1-3H3. The molecule has 1 fully saturated rings. The molecule has 0 amide bonds. The normalized spacial score (nSPS) is 24.8. The molecule has 4 nitrogen and oxygen atoms in total. The van der Waals surface area contributed by atoms with E-state index in [0.717, 1.165) is 28.2 Å². The van der Waals surface area contributed by atoms with E-state index < -0.39 is 5.60 Å². The molecule has 4 heteroatoms. The molecule has 0 saturated carbocycles. The Labute approximate surface area is 190 Å². The molecule has 164 valence electrons. The van der Waals surface area contributed by atoms with Gasteiger partial charge in [-0.05, 0) is 47.5 Å². The van der Waals surface area contributed by atoms with Crippen LogP contribution in [0.3, 0.4) is 0 Å². The van der Waals surface area contributed by atoms with Crippen molar-refractivity contribution in [3.63, 3.8) is 0 Å². The van der Waals surface area contributed by atoms with Crippen molar-refractivity contribution >= 4 is 0 Å². The molecule has 0 bridgehead atoms. The molecule has 1 aliphatic heterocycles. The molecule has 0 spiro atoms. The summed E-state index contributed by atoms with van der Waals surface area (Å²) in [5.74, 6) is 7.92. The summed E-state index contributed by atoms with van der Waals surface area (Å²) >= 11 is 0. The third-order valence-corrected chi connectivity index (χ3v) is 6.34. The Morgan fingerprint density at radius 1 is 0.844 bits per heavy atom. The van der Waals surface area contributed by atoms with Crippen LogP contribution in [0.5, 0.6) is 11.5 Å². The second kappa shape index (κ2) is 9.48. The van der Waals surface area contributed by atoms with Gasteiger partial charge in [-0.15, -0.1) is 0 Å². The highest BCUT2D eigenvalue weighted by Crippen LogP contribution is 2.43. The maximum Gasteiger partial charge on any atom is 0.132 e. The first-order valence-electron chi connectivity index (χ1n) is 10.9. The van der Waals surface area contributed by atoms with Crippen LogP contribution in [0.1, 0.15) is 42.1 Å². The second-order valence-electron chi connectivity index (χ2n) is 8.28. The fraction of sp³-hybridized carbons (Fsp3) is 0.286. The van der Waals surface area contributed by atoms with Crippen molar-refractivity contribution in [1.82, 2.24) is 5.32 Å². The van der Waals surface area contributed by atoms with Crippen LogP contribution in [-0.2, 0) is 0 Å². The number of aliphatic hydroxyl groups is 1. The van der Waals surface area contributed by atoms with Crippen molar-refractivity contribution < 1.29 is 14.6 Å². The molecule has 0 aromatic heterocycles. The van der Waals surface area contributed by atoms with E-state index in [1.165, 1.54) is 0 Å². The highest BCUT2D eigenvalue weighted by atomic mass is 16.5. The summed E-state index contributed by atoms with van der Waals surface area (Å²) in [6, 6.07) is 25.7. The molecule has 0 radical (unpaired) electrons. The minimum Gasteiger partial charge on any atom is -0.497 e. The third-order valence-electron chi connectivity index (χ3n) is 6.34. The van der Waals surface area contributed by atoms with Gasteiger partial charge in [-0.25, -0.2) is 0 Å². The highest BCUT2D eigenvalue weighted by molar-refractivity contribution is 5.39. The van der Waals surface area contributed by atoms with Crippen molar-refractivity contribution in [3.05, 3.63) is 95.6 Å². The number of methoxy groups -OCH3 is 2. The Kier molecular flexibility index (Phi) is 6.50. The van der Waals surface area contributed by atoms with Crippen LogP contribution in [0.4, 0.5) is 0 Å². The van der Waals surface area contributed by atoms with Gasteiger partial charge < -0.3 is 19.9 Å². The number of ether oxygens (including phenoxy) is 2.